The summed E-state index contributed by atoms with van der Waals surface area (Å²) in [6, 6.07) is 13.3. The fraction of sp³-hybridized carbons (Fsp3) is 0.111. The van der Waals surface area contributed by atoms with Crippen molar-refractivity contribution in [1.29, 1.82) is 0 Å². The molecule has 23 heavy (non-hydrogen) atoms. The van der Waals surface area contributed by atoms with E-state index in [-0.39, 0.29) is 5.91 Å². The molecule has 2 heterocycles. The van der Waals surface area contributed by atoms with Gasteiger partial charge in [-0.2, -0.15) is 0 Å². The Morgan fingerprint density at radius 3 is 2.74 bits per heavy atom. The van der Waals surface area contributed by atoms with E-state index in [0.29, 0.717) is 23.2 Å². The molecule has 0 saturated heterocycles. The van der Waals surface area contributed by atoms with E-state index in [1.165, 1.54) is 11.3 Å². The second-order valence-corrected chi connectivity index (χ2v) is 5.83. The number of aromatic nitrogens is 1. The zero-order valence-corrected chi connectivity index (χ0v) is 13.5. The molecule has 0 bridgehead atoms. The highest BCUT2D eigenvalue weighted by Gasteiger charge is 2.22. The topological polar surface area (TPSA) is 46.3 Å². The maximum absolute atomic E-state index is 12.6. The Morgan fingerprint density at radius 2 is 2.09 bits per heavy atom. The molecule has 0 spiro atoms. The quantitative estimate of drug-likeness (QED) is 0.647. The molecule has 1 aromatic carbocycles. The van der Waals surface area contributed by atoms with Gasteiger partial charge in [-0.1, -0.05) is 36.4 Å². The average Bonchev–Trinajstić information content (AvgIpc) is 3.22. The standard InChI is InChI=1S/C18H16N2O2S/c1-3-11-20(17(21)16-10-9-13(2)22-16)18-19-15(12-23-18)14-7-5-4-6-8-14/h3-10,12H,1,11H2,2H3. The molecule has 0 unspecified atom stereocenters. The van der Waals surface area contributed by atoms with E-state index in [1.54, 1.807) is 23.1 Å². The SMILES string of the molecule is C=CCN(C(=O)c1ccc(C)o1)c1nc(-c2ccccc2)cs1. The zero-order valence-electron chi connectivity index (χ0n) is 12.7. The van der Waals surface area contributed by atoms with Gasteiger partial charge in [-0.15, -0.1) is 17.9 Å². The molecule has 3 aromatic rings. The van der Waals surface area contributed by atoms with Crippen molar-refractivity contribution < 1.29 is 9.21 Å². The molecule has 5 heteroatoms. The summed E-state index contributed by atoms with van der Waals surface area (Å²) >= 11 is 1.43. The molecule has 0 fully saturated rings. The summed E-state index contributed by atoms with van der Waals surface area (Å²) in [5.74, 6) is 0.795. The number of nitrogens with zero attached hydrogens (tertiary/aromatic N) is 2. The molecule has 0 aliphatic rings. The number of thiazole rings is 1. The van der Waals surface area contributed by atoms with Crippen molar-refractivity contribution in [1.82, 2.24) is 4.98 Å². The van der Waals surface area contributed by atoms with Crippen LogP contribution in [0.4, 0.5) is 5.13 Å². The fourth-order valence-electron chi connectivity index (χ4n) is 2.19. The van der Waals surface area contributed by atoms with Crippen LogP contribution >= 0.6 is 11.3 Å². The zero-order chi connectivity index (χ0) is 16.2. The maximum atomic E-state index is 12.6. The van der Waals surface area contributed by atoms with E-state index in [4.69, 9.17) is 4.42 Å². The summed E-state index contributed by atoms with van der Waals surface area (Å²) in [6.45, 7) is 5.91. The van der Waals surface area contributed by atoms with Crippen LogP contribution in [0.1, 0.15) is 16.3 Å². The largest absolute Gasteiger partial charge is 0.456 e. The van der Waals surface area contributed by atoms with Gasteiger partial charge in [0.1, 0.15) is 5.76 Å². The Hall–Kier alpha value is -2.66. The monoisotopic (exact) mass is 324 g/mol. The van der Waals surface area contributed by atoms with Crippen LogP contribution in [-0.4, -0.2) is 17.4 Å². The molecular weight excluding hydrogens is 308 g/mol. The van der Waals surface area contributed by atoms with E-state index in [0.717, 1.165) is 11.3 Å². The number of hydrogen-bond donors (Lipinski definition) is 0. The molecule has 2 aromatic heterocycles. The van der Waals surface area contributed by atoms with Crippen LogP contribution in [0.5, 0.6) is 0 Å². The molecule has 0 atom stereocenters. The second kappa shape index (κ2) is 6.62. The Labute approximate surface area is 138 Å². The lowest BCUT2D eigenvalue weighted by Crippen LogP contribution is -2.30. The first kappa shape index (κ1) is 15.2. The highest BCUT2D eigenvalue weighted by atomic mass is 32.1. The van der Waals surface area contributed by atoms with Gasteiger partial charge in [-0.05, 0) is 19.1 Å². The third kappa shape index (κ3) is 3.24. The summed E-state index contributed by atoms with van der Waals surface area (Å²) in [7, 11) is 0. The maximum Gasteiger partial charge on any atom is 0.296 e. The van der Waals surface area contributed by atoms with E-state index in [2.05, 4.69) is 11.6 Å². The molecule has 3 rings (SSSR count). The van der Waals surface area contributed by atoms with Crippen LogP contribution in [0.15, 0.2) is 64.9 Å². The number of hydrogen-bond acceptors (Lipinski definition) is 4. The van der Waals surface area contributed by atoms with Gasteiger partial charge in [0.05, 0.1) is 5.69 Å². The normalized spacial score (nSPS) is 10.5. The fourth-order valence-corrected chi connectivity index (χ4v) is 3.03. The number of carbonyl (C=O) groups is 1. The predicted molar refractivity (Wildman–Crippen MR) is 92.9 cm³/mol. The Bertz CT molecular complexity index is 820. The third-order valence-corrected chi connectivity index (χ3v) is 4.16. The molecule has 0 saturated carbocycles. The van der Waals surface area contributed by atoms with Gasteiger partial charge < -0.3 is 4.42 Å². The van der Waals surface area contributed by atoms with Crippen LogP contribution in [0, 0.1) is 6.92 Å². The number of benzene rings is 1. The summed E-state index contributed by atoms with van der Waals surface area (Å²) in [4.78, 5) is 18.8. The van der Waals surface area contributed by atoms with Gasteiger partial charge in [-0.3, -0.25) is 9.69 Å². The van der Waals surface area contributed by atoms with Crippen LogP contribution in [0.2, 0.25) is 0 Å². The van der Waals surface area contributed by atoms with E-state index >= 15 is 0 Å². The van der Waals surface area contributed by atoms with Crippen molar-refractivity contribution in [2.75, 3.05) is 11.4 Å². The second-order valence-electron chi connectivity index (χ2n) is 5.00. The number of rotatable bonds is 5. The van der Waals surface area contributed by atoms with Crippen molar-refractivity contribution in [2.45, 2.75) is 6.92 Å². The lowest BCUT2D eigenvalue weighted by molar-refractivity contribution is 0.0962. The lowest BCUT2D eigenvalue weighted by Gasteiger charge is -2.16. The molecule has 0 aliphatic carbocycles. The van der Waals surface area contributed by atoms with Crippen molar-refractivity contribution in [3.63, 3.8) is 0 Å². The smallest absolute Gasteiger partial charge is 0.296 e. The van der Waals surface area contributed by atoms with Gasteiger partial charge in [0, 0.05) is 17.5 Å². The minimum Gasteiger partial charge on any atom is -0.456 e. The number of amides is 1. The van der Waals surface area contributed by atoms with Gasteiger partial charge in [-0.25, -0.2) is 4.98 Å². The molecule has 0 N–H and O–H groups in total. The third-order valence-electron chi connectivity index (χ3n) is 3.30. The summed E-state index contributed by atoms with van der Waals surface area (Å²) in [5, 5.41) is 2.57. The summed E-state index contributed by atoms with van der Waals surface area (Å²) in [5.41, 5.74) is 1.87. The first-order valence-electron chi connectivity index (χ1n) is 7.19. The van der Waals surface area contributed by atoms with Crippen LogP contribution in [-0.2, 0) is 0 Å². The van der Waals surface area contributed by atoms with Crippen LogP contribution < -0.4 is 4.90 Å². The first-order chi connectivity index (χ1) is 11.2. The van der Waals surface area contributed by atoms with Gasteiger partial charge >= 0.3 is 0 Å². The van der Waals surface area contributed by atoms with Gasteiger partial charge in [0.25, 0.3) is 5.91 Å². The minimum atomic E-state index is -0.216. The highest BCUT2D eigenvalue weighted by Crippen LogP contribution is 2.28. The summed E-state index contributed by atoms with van der Waals surface area (Å²) in [6.07, 6.45) is 1.68. The van der Waals surface area contributed by atoms with Crippen LogP contribution in [0.25, 0.3) is 11.3 Å². The van der Waals surface area contributed by atoms with Crippen molar-refractivity contribution in [3.8, 4) is 11.3 Å². The Balaban J connectivity index is 1.91. The molecule has 4 nitrogen and oxygen atoms in total. The number of anilines is 1. The Morgan fingerprint density at radius 1 is 1.30 bits per heavy atom. The molecule has 1 amide bonds. The van der Waals surface area contributed by atoms with Gasteiger partial charge in [0.2, 0.25) is 0 Å². The van der Waals surface area contributed by atoms with E-state index in [9.17, 15) is 4.79 Å². The van der Waals surface area contributed by atoms with Crippen molar-refractivity contribution in [2.24, 2.45) is 0 Å². The van der Waals surface area contributed by atoms with E-state index in [1.807, 2.05) is 42.6 Å². The van der Waals surface area contributed by atoms with Gasteiger partial charge in [0.15, 0.2) is 10.9 Å². The molecule has 116 valence electrons. The first-order valence-corrected chi connectivity index (χ1v) is 8.07. The highest BCUT2D eigenvalue weighted by molar-refractivity contribution is 7.14. The van der Waals surface area contributed by atoms with Crippen molar-refractivity contribution >= 4 is 22.4 Å². The lowest BCUT2D eigenvalue weighted by atomic mass is 10.2. The minimum absolute atomic E-state index is 0.216. The molecule has 0 radical (unpaired) electrons. The van der Waals surface area contributed by atoms with Crippen molar-refractivity contribution in [3.05, 3.63) is 72.0 Å². The number of furan rings is 1. The number of aryl methyl sites for hydroxylation is 1. The summed E-state index contributed by atoms with van der Waals surface area (Å²) < 4.78 is 5.44. The van der Waals surface area contributed by atoms with Crippen LogP contribution in [0.3, 0.4) is 0 Å². The average molecular weight is 324 g/mol. The molecule has 0 aliphatic heterocycles. The molecular formula is C18H16N2O2S. The Kier molecular flexibility index (Phi) is 4.39. The van der Waals surface area contributed by atoms with E-state index < -0.39 is 0 Å². The number of carbonyl (C=O) groups excluding carboxylic acids is 1. The predicted octanol–water partition coefficient (Wildman–Crippen LogP) is 4.54.